The quantitative estimate of drug-likeness (QED) is 0.815. The first kappa shape index (κ1) is 14.3. The lowest BCUT2D eigenvalue weighted by Gasteiger charge is -2.29. The molecule has 0 aliphatic carbocycles. The summed E-state index contributed by atoms with van der Waals surface area (Å²) >= 11 is 0. The second-order valence-corrected chi connectivity index (χ2v) is 5.16. The van der Waals surface area contributed by atoms with Gasteiger partial charge in [0.15, 0.2) is 0 Å². The number of morpholine rings is 1. The Morgan fingerprint density at radius 1 is 1.32 bits per heavy atom. The molecule has 5 heteroatoms. The van der Waals surface area contributed by atoms with Gasteiger partial charge in [-0.2, -0.15) is 0 Å². The maximum Gasteiger partial charge on any atom is 0.235 e. The Labute approximate surface area is 115 Å². The molecule has 1 unspecified atom stereocenters. The second-order valence-electron chi connectivity index (χ2n) is 5.16. The fourth-order valence-corrected chi connectivity index (χ4v) is 2.51. The van der Waals surface area contributed by atoms with E-state index in [2.05, 4.69) is 35.5 Å². The van der Waals surface area contributed by atoms with Crippen molar-refractivity contribution >= 4 is 0 Å². The summed E-state index contributed by atoms with van der Waals surface area (Å²) in [5.74, 6) is 0.772. The molecular formula is C14H25N3O2. The topological polar surface area (TPSA) is 39.5 Å². The van der Waals surface area contributed by atoms with E-state index in [0.29, 0.717) is 12.6 Å². The average molecular weight is 267 g/mol. The molecule has 0 bridgehead atoms. The van der Waals surface area contributed by atoms with Gasteiger partial charge in [0.2, 0.25) is 5.88 Å². The van der Waals surface area contributed by atoms with E-state index in [4.69, 9.17) is 9.47 Å². The summed E-state index contributed by atoms with van der Waals surface area (Å²) in [6.45, 7) is 13.8. The van der Waals surface area contributed by atoms with Crippen molar-refractivity contribution in [3.63, 3.8) is 0 Å². The van der Waals surface area contributed by atoms with Crippen LogP contribution in [0.15, 0.2) is 0 Å². The van der Waals surface area contributed by atoms with Crippen LogP contribution in [0.4, 0.5) is 0 Å². The Bertz CT molecular complexity index is 411. The number of hydrogen-bond acceptors (Lipinski definition) is 4. The smallest absolute Gasteiger partial charge is 0.235 e. The van der Waals surface area contributed by atoms with E-state index < -0.39 is 0 Å². The highest BCUT2D eigenvalue weighted by atomic mass is 16.5. The summed E-state index contributed by atoms with van der Waals surface area (Å²) < 4.78 is 13.0. The minimum absolute atomic E-state index is 0.353. The zero-order valence-electron chi connectivity index (χ0n) is 12.5. The Morgan fingerprint density at radius 3 is 2.63 bits per heavy atom. The zero-order valence-corrected chi connectivity index (χ0v) is 12.5. The van der Waals surface area contributed by atoms with Crippen molar-refractivity contribution in [1.82, 2.24) is 14.7 Å². The van der Waals surface area contributed by atoms with E-state index in [-0.39, 0.29) is 0 Å². The summed E-state index contributed by atoms with van der Waals surface area (Å²) in [5.41, 5.74) is 2.35. The van der Waals surface area contributed by atoms with Gasteiger partial charge in [-0.15, -0.1) is 5.10 Å². The van der Waals surface area contributed by atoms with E-state index >= 15 is 0 Å². The minimum Gasteiger partial charge on any atom is -0.477 e. The molecule has 108 valence electrons. The molecule has 1 atom stereocenters. The van der Waals surface area contributed by atoms with E-state index in [0.717, 1.165) is 44.3 Å². The number of rotatable bonds is 5. The van der Waals surface area contributed by atoms with Crippen LogP contribution in [0, 0.1) is 13.8 Å². The highest BCUT2D eigenvalue weighted by Gasteiger charge is 2.19. The van der Waals surface area contributed by atoms with Crippen LogP contribution in [0.5, 0.6) is 5.88 Å². The zero-order chi connectivity index (χ0) is 13.8. The van der Waals surface area contributed by atoms with Crippen molar-refractivity contribution < 1.29 is 9.47 Å². The predicted molar refractivity (Wildman–Crippen MR) is 74.8 cm³/mol. The molecule has 1 aromatic heterocycles. The van der Waals surface area contributed by atoms with Gasteiger partial charge in [-0.3, -0.25) is 9.58 Å². The SMILES string of the molecule is CCOc1nn(C(C)CN2CCOCC2)c(C)c1C. The highest BCUT2D eigenvalue weighted by molar-refractivity contribution is 5.29. The molecule has 2 heterocycles. The van der Waals surface area contributed by atoms with Gasteiger partial charge in [-0.1, -0.05) is 0 Å². The highest BCUT2D eigenvalue weighted by Crippen LogP contribution is 2.23. The van der Waals surface area contributed by atoms with Gasteiger partial charge in [-0.05, 0) is 27.7 Å². The standard InChI is InChI=1S/C14H25N3O2/c1-5-19-14-12(3)13(4)17(15-14)11(2)10-16-6-8-18-9-7-16/h11H,5-10H2,1-4H3. The molecular weight excluding hydrogens is 242 g/mol. The van der Waals surface area contributed by atoms with Gasteiger partial charge in [0.25, 0.3) is 0 Å². The summed E-state index contributed by atoms with van der Waals surface area (Å²) in [5, 5.41) is 4.60. The fraction of sp³-hybridized carbons (Fsp3) is 0.786. The van der Waals surface area contributed by atoms with Crippen LogP contribution >= 0.6 is 0 Å². The minimum atomic E-state index is 0.353. The molecule has 0 amide bonds. The molecule has 5 nitrogen and oxygen atoms in total. The predicted octanol–water partition coefficient (Wildman–Crippen LogP) is 1.79. The monoisotopic (exact) mass is 267 g/mol. The maximum atomic E-state index is 5.57. The fourth-order valence-electron chi connectivity index (χ4n) is 2.51. The summed E-state index contributed by atoms with van der Waals surface area (Å²) in [6, 6.07) is 0.353. The van der Waals surface area contributed by atoms with Crippen molar-refractivity contribution in [1.29, 1.82) is 0 Å². The van der Waals surface area contributed by atoms with Gasteiger partial charge >= 0.3 is 0 Å². The number of hydrogen-bond donors (Lipinski definition) is 0. The Balaban J connectivity index is 2.05. The Morgan fingerprint density at radius 2 is 2.00 bits per heavy atom. The molecule has 1 aromatic rings. The molecule has 0 radical (unpaired) electrons. The first-order chi connectivity index (χ1) is 9.13. The van der Waals surface area contributed by atoms with Gasteiger partial charge < -0.3 is 9.47 Å². The normalized spacial score (nSPS) is 18.5. The third-order valence-electron chi connectivity index (χ3n) is 3.73. The van der Waals surface area contributed by atoms with Crippen LogP contribution < -0.4 is 4.74 Å². The molecule has 0 N–H and O–H groups in total. The largest absolute Gasteiger partial charge is 0.477 e. The third-order valence-corrected chi connectivity index (χ3v) is 3.73. The van der Waals surface area contributed by atoms with Crippen molar-refractivity contribution in [2.75, 3.05) is 39.5 Å². The summed E-state index contributed by atoms with van der Waals surface area (Å²) in [7, 11) is 0. The van der Waals surface area contributed by atoms with Crippen LogP contribution in [0.3, 0.4) is 0 Å². The Hall–Kier alpha value is -1.07. The molecule has 1 fully saturated rings. The number of ether oxygens (including phenoxy) is 2. The second kappa shape index (κ2) is 6.39. The molecule has 0 aromatic carbocycles. The van der Waals surface area contributed by atoms with Crippen molar-refractivity contribution in [2.45, 2.75) is 33.7 Å². The molecule has 1 saturated heterocycles. The maximum absolute atomic E-state index is 5.57. The van der Waals surface area contributed by atoms with Crippen LogP contribution in [0.25, 0.3) is 0 Å². The number of aromatic nitrogens is 2. The van der Waals surface area contributed by atoms with E-state index in [9.17, 15) is 0 Å². The van der Waals surface area contributed by atoms with Gasteiger partial charge in [0.1, 0.15) is 0 Å². The van der Waals surface area contributed by atoms with E-state index in [1.54, 1.807) is 0 Å². The molecule has 0 saturated carbocycles. The summed E-state index contributed by atoms with van der Waals surface area (Å²) in [6.07, 6.45) is 0. The third kappa shape index (κ3) is 3.28. The van der Waals surface area contributed by atoms with Gasteiger partial charge in [0.05, 0.1) is 25.9 Å². The van der Waals surface area contributed by atoms with Crippen LogP contribution in [-0.4, -0.2) is 54.1 Å². The molecule has 1 aliphatic heterocycles. The van der Waals surface area contributed by atoms with Crippen molar-refractivity contribution in [3.05, 3.63) is 11.3 Å². The molecule has 1 aliphatic rings. The van der Waals surface area contributed by atoms with Crippen molar-refractivity contribution in [3.8, 4) is 5.88 Å². The molecule has 2 rings (SSSR count). The Kier molecular flexibility index (Phi) is 4.82. The van der Waals surface area contributed by atoms with Crippen LogP contribution in [0.1, 0.15) is 31.1 Å². The first-order valence-electron chi connectivity index (χ1n) is 7.12. The van der Waals surface area contributed by atoms with Crippen molar-refractivity contribution in [2.24, 2.45) is 0 Å². The average Bonchev–Trinajstić information content (AvgIpc) is 2.69. The number of nitrogens with zero attached hydrogens (tertiary/aromatic N) is 3. The van der Waals surface area contributed by atoms with Crippen LogP contribution in [-0.2, 0) is 4.74 Å². The lowest BCUT2D eigenvalue weighted by atomic mass is 10.2. The van der Waals surface area contributed by atoms with Gasteiger partial charge in [-0.25, -0.2) is 0 Å². The molecule has 19 heavy (non-hydrogen) atoms. The molecule has 0 spiro atoms. The lowest BCUT2D eigenvalue weighted by Crippen LogP contribution is -2.39. The van der Waals surface area contributed by atoms with Crippen LogP contribution in [0.2, 0.25) is 0 Å². The summed E-state index contributed by atoms with van der Waals surface area (Å²) in [4.78, 5) is 2.44. The van der Waals surface area contributed by atoms with E-state index in [1.165, 1.54) is 5.69 Å². The first-order valence-corrected chi connectivity index (χ1v) is 7.12. The van der Waals surface area contributed by atoms with E-state index in [1.807, 2.05) is 6.92 Å². The lowest BCUT2D eigenvalue weighted by molar-refractivity contribution is 0.0317. The van der Waals surface area contributed by atoms with Gasteiger partial charge in [0, 0.05) is 30.9 Å².